The van der Waals surface area contributed by atoms with Crippen LogP contribution in [0, 0.1) is 11.6 Å². The topological polar surface area (TPSA) is 64.0 Å². The Bertz CT molecular complexity index is 1240. The summed E-state index contributed by atoms with van der Waals surface area (Å²) in [5, 5.41) is 0. The highest BCUT2D eigenvalue weighted by Crippen LogP contribution is 2.22. The molecule has 0 aliphatic heterocycles. The third kappa shape index (κ3) is 3.26. The van der Waals surface area contributed by atoms with Crippen LogP contribution in [0.4, 0.5) is 14.5 Å². The van der Waals surface area contributed by atoms with E-state index in [1.807, 2.05) is 28.8 Å². The number of nitrogens with one attached hydrogen (secondary N) is 1. The van der Waals surface area contributed by atoms with Gasteiger partial charge in [0.05, 0.1) is 11.0 Å². The summed E-state index contributed by atoms with van der Waals surface area (Å²) < 4.78 is 55.8. The molecule has 0 aliphatic carbocycles. The van der Waals surface area contributed by atoms with Crippen molar-refractivity contribution in [2.45, 2.75) is 4.90 Å². The summed E-state index contributed by atoms with van der Waals surface area (Å²) in [5.74, 6) is -1.86. The zero-order valence-corrected chi connectivity index (χ0v) is 14.6. The van der Waals surface area contributed by atoms with Crippen molar-refractivity contribution in [1.82, 2.24) is 9.55 Å². The van der Waals surface area contributed by atoms with Gasteiger partial charge >= 0.3 is 0 Å². The molecule has 1 heterocycles. The van der Waals surface area contributed by atoms with E-state index >= 15 is 0 Å². The lowest BCUT2D eigenvalue weighted by atomic mass is 10.2. The second-order valence-corrected chi connectivity index (χ2v) is 7.48. The average molecular weight is 385 g/mol. The summed E-state index contributed by atoms with van der Waals surface area (Å²) in [5.41, 5.74) is 2.76. The number of benzene rings is 3. The van der Waals surface area contributed by atoms with E-state index in [0.29, 0.717) is 6.07 Å². The number of fused-ring (bicyclic) bond motifs is 1. The molecule has 5 nitrogen and oxygen atoms in total. The zero-order valence-electron chi connectivity index (χ0n) is 13.8. The molecule has 0 amide bonds. The molecule has 0 aliphatic rings. The Labute approximate surface area is 154 Å². The molecule has 136 valence electrons. The van der Waals surface area contributed by atoms with E-state index < -0.39 is 26.6 Å². The lowest BCUT2D eigenvalue weighted by Crippen LogP contribution is -2.15. The van der Waals surface area contributed by atoms with Gasteiger partial charge in [0.25, 0.3) is 10.0 Å². The van der Waals surface area contributed by atoms with Crippen LogP contribution in [0.1, 0.15) is 0 Å². The number of rotatable bonds is 4. The Morgan fingerprint density at radius 2 is 1.67 bits per heavy atom. The number of imidazole rings is 1. The Kier molecular flexibility index (Phi) is 4.12. The Morgan fingerprint density at radius 3 is 2.44 bits per heavy atom. The molecule has 0 bridgehead atoms. The van der Waals surface area contributed by atoms with Gasteiger partial charge in [0.2, 0.25) is 0 Å². The first-order chi connectivity index (χ1) is 12.9. The van der Waals surface area contributed by atoms with Gasteiger partial charge in [-0.15, -0.1) is 0 Å². The predicted octanol–water partition coefficient (Wildman–Crippen LogP) is 4.10. The molecule has 0 saturated heterocycles. The van der Waals surface area contributed by atoms with Crippen LogP contribution in [0.5, 0.6) is 0 Å². The van der Waals surface area contributed by atoms with Crippen LogP contribution >= 0.6 is 0 Å². The Morgan fingerprint density at radius 1 is 0.926 bits per heavy atom. The summed E-state index contributed by atoms with van der Waals surface area (Å²) in [6.45, 7) is 0. The molecule has 1 aromatic heterocycles. The van der Waals surface area contributed by atoms with Gasteiger partial charge in [0.1, 0.15) is 22.9 Å². The molecule has 0 saturated carbocycles. The van der Waals surface area contributed by atoms with Crippen LogP contribution in [-0.2, 0) is 10.0 Å². The van der Waals surface area contributed by atoms with E-state index in [1.165, 1.54) is 0 Å². The minimum absolute atomic E-state index is 0.229. The maximum absolute atomic E-state index is 13.8. The average Bonchev–Trinajstić information content (AvgIpc) is 3.08. The first kappa shape index (κ1) is 17.2. The number of nitrogens with zero attached hydrogens (tertiary/aromatic N) is 2. The van der Waals surface area contributed by atoms with E-state index in [4.69, 9.17) is 0 Å². The number of aromatic nitrogens is 2. The smallest absolute Gasteiger partial charge is 0.264 e. The molecule has 4 aromatic rings. The normalized spacial score (nSPS) is 11.6. The summed E-state index contributed by atoms with van der Waals surface area (Å²) in [6.07, 6.45) is 1.67. The molecule has 0 atom stereocenters. The quantitative estimate of drug-likeness (QED) is 0.575. The largest absolute Gasteiger partial charge is 0.299 e. The van der Waals surface area contributed by atoms with Gasteiger partial charge in [-0.25, -0.2) is 22.2 Å². The van der Waals surface area contributed by atoms with Crippen molar-refractivity contribution < 1.29 is 17.2 Å². The Hall–Kier alpha value is -3.26. The van der Waals surface area contributed by atoms with Crippen molar-refractivity contribution in [2.24, 2.45) is 0 Å². The molecular formula is C19H13F2N3O2S. The molecule has 4 rings (SSSR count). The van der Waals surface area contributed by atoms with Gasteiger partial charge < -0.3 is 0 Å². The highest BCUT2D eigenvalue weighted by Gasteiger charge is 2.20. The fourth-order valence-electron chi connectivity index (χ4n) is 2.75. The van der Waals surface area contributed by atoms with E-state index in [1.54, 1.807) is 30.6 Å². The maximum Gasteiger partial charge on any atom is 0.264 e. The van der Waals surface area contributed by atoms with Gasteiger partial charge in [-0.2, -0.15) is 0 Å². The van der Waals surface area contributed by atoms with Crippen LogP contribution in [0.25, 0.3) is 16.7 Å². The second kappa shape index (κ2) is 6.48. The van der Waals surface area contributed by atoms with E-state index in [9.17, 15) is 17.2 Å². The second-order valence-electron chi connectivity index (χ2n) is 5.83. The van der Waals surface area contributed by atoms with Crippen molar-refractivity contribution >= 4 is 26.7 Å². The van der Waals surface area contributed by atoms with Crippen molar-refractivity contribution in [1.29, 1.82) is 0 Å². The van der Waals surface area contributed by atoms with E-state index in [2.05, 4.69) is 9.71 Å². The van der Waals surface area contributed by atoms with Crippen LogP contribution in [0.3, 0.4) is 0 Å². The molecule has 3 aromatic carbocycles. The maximum atomic E-state index is 13.8. The number of sulfonamides is 1. The lowest BCUT2D eigenvalue weighted by molar-refractivity contribution is 0.555. The summed E-state index contributed by atoms with van der Waals surface area (Å²) in [7, 11) is -4.25. The lowest BCUT2D eigenvalue weighted by Gasteiger charge is -2.10. The van der Waals surface area contributed by atoms with Crippen molar-refractivity contribution in [2.75, 3.05) is 4.72 Å². The number of hydrogen-bond donors (Lipinski definition) is 1. The van der Waals surface area contributed by atoms with E-state index in [0.717, 1.165) is 28.9 Å². The van der Waals surface area contributed by atoms with Crippen LogP contribution < -0.4 is 4.72 Å². The molecule has 0 radical (unpaired) electrons. The number of hydrogen-bond acceptors (Lipinski definition) is 3. The summed E-state index contributed by atoms with van der Waals surface area (Å²) >= 11 is 0. The number of para-hydroxylation sites is 2. The molecular weight excluding hydrogens is 372 g/mol. The van der Waals surface area contributed by atoms with Gasteiger partial charge in [0.15, 0.2) is 0 Å². The van der Waals surface area contributed by atoms with Crippen LogP contribution in [0.15, 0.2) is 78.0 Å². The highest BCUT2D eigenvalue weighted by molar-refractivity contribution is 7.92. The standard InChI is InChI=1S/C19H13F2N3O2S/c20-13-5-10-16(21)19(11-13)27(25,26)23-14-6-8-15(9-7-14)24-12-22-17-3-1-2-4-18(17)24/h1-12,23H. The van der Waals surface area contributed by atoms with Gasteiger partial charge in [-0.3, -0.25) is 9.29 Å². The zero-order chi connectivity index (χ0) is 19.0. The summed E-state index contributed by atoms with van der Waals surface area (Å²) in [6, 6.07) is 16.4. The number of halogens is 2. The molecule has 0 spiro atoms. The van der Waals surface area contributed by atoms with Crippen molar-refractivity contribution in [3.05, 3.63) is 84.7 Å². The minimum Gasteiger partial charge on any atom is -0.299 e. The molecule has 0 fully saturated rings. The Balaban J connectivity index is 1.64. The minimum atomic E-state index is -4.25. The molecule has 27 heavy (non-hydrogen) atoms. The van der Waals surface area contributed by atoms with Gasteiger partial charge in [0, 0.05) is 11.4 Å². The predicted molar refractivity (Wildman–Crippen MR) is 98.2 cm³/mol. The molecule has 8 heteroatoms. The van der Waals surface area contributed by atoms with Gasteiger partial charge in [-0.1, -0.05) is 12.1 Å². The highest BCUT2D eigenvalue weighted by atomic mass is 32.2. The first-order valence-electron chi connectivity index (χ1n) is 7.94. The molecule has 0 unspecified atom stereocenters. The SMILES string of the molecule is O=S(=O)(Nc1ccc(-n2cnc3ccccc32)cc1)c1cc(F)ccc1F. The fourth-order valence-corrected chi connectivity index (χ4v) is 3.90. The van der Waals surface area contributed by atoms with Crippen molar-refractivity contribution in [3.63, 3.8) is 0 Å². The first-order valence-corrected chi connectivity index (χ1v) is 9.43. The van der Waals surface area contributed by atoms with Crippen LogP contribution in [-0.4, -0.2) is 18.0 Å². The van der Waals surface area contributed by atoms with Crippen LogP contribution in [0.2, 0.25) is 0 Å². The summed E-state index contributed by atoms with van der Waals surface area (Å²) in [4.78, 5) is 3.57. The van der Waals surface area contributed by atoms with Gasteiger partial charge in [-0.05, 0) is 54.6 Å². The van der Waals surface area contributed by atoms with E-state index in [-0.39, 0.29) is 5.69 Å². The molecule has 1 N–H and O–H groups in total. The number of anilines is 1. The third-order valence-corrected chi connectivity index (χ3v) is 5.43. The third-order valence-electron chi connectivity index (χ3n) is 4.03. The fraction of sp³-hybridized carbons (Fsp3) is 0. The van der Waals surface area contributed by atoms with Crippen molar-refractivity contribution in [3.8, 4) is 5.69 Å². The monoisotopic (exact) mass is 385 g/mol.